The average Bonchev–Trinajstić information content (AvgIpc) is 3.20. The Morgan fingerprint density at radius 2 is 2.13 bits per heavy atom. The predicted molar refractivity (Wildman–Crippen MR) is 87.9 cm³/mol. The van der Waals surface area contributed by atoms with E-state index in [2.05, 4.69) is 20.8 Å². The van der Waals surface area contributed by atoms with Gasteiger partial charge in [0.1, 0.15) is 5.75 Å². The summed E-state index contributed by atoms with van der Waals surface area (Å²) in [6, 6.07) is 8.56. The SMILES string of the molecule is CCOc1ccccc1NC(=O)Nc1nnc(-c2ccsc2)o1. The van der Waals surface area contributed by atoms with Crippen molar-refractivity contribution in [3.63, 3.8) is 0 Å². The summed E-state index contributed by atoms with van der Waals surface area (Å²) in [4.78, 5) is 12.0. The van der Waals surface area contributed by atoms with Gasteiger partial charge in [-0.15, -0.1) is 5.10 Å². The number of hydrogen-bond donors (Lipinski definition) is 2. The van der Waals surface area contributed by atoms with E-state index in [4.69, 9.17) is 9.15 Å². The highest BCUT2D eigenvalue weighted by Crippen LogP contribution is 2.24. The molecule has 0 atom stereocenters. The minimum atomic E-state index is -0.488. The van der Waals surface area contributed by atoms with E-state index in [-0.39, 0.29) is 6.01 Å². The first-order valence-electron chi connectivity index (χ1n) is 6.92. The van der Waals surface area contributed by atoms with Crippen LogP contribution in [0.1, 0.15) is 6.92 Å². The van der Waals surface area contributed by atoms with Gasteiger partial charge in [-0.25, -0.2) is 4.79 Å². The van der Waals surface area contributed by atoms with Crippen LogP contribution in [0.2, 0.25) is 0 Å². The van der Waals surface area contributed by atoms with Gasteiger partial charge in [-0.1, -0.05) is 17.2 Å². The molecule has 0 unspecified atom stereocenters. The summed E-state index contributed by atoms with van der Waals surface area (Å²) >= 11 is 1.52. The molecule has 7 nitrogen and oxygen atoms in total. The highest BCUT2D eigenvalue weighted by atomic mass is 32.1. The fraction of sp³-hybridized carbons (Fsp3) is 0.133. The van der Waals surface area contributed by atoms with Gasteiger partial charge in [0.2, 0.25) is 0 Å². The Labute approximate surface area is 136 Å². The van der Waals surface area contributed by atoms with Gasteiger partial charge < -0.3 is 14.5 Å². The third-order valence-electron chi connectivity index (χ3n) is 2.85. The predicted octanol–water partition coefficient (Wildman–Crippen LogP) is 3.84. The highest BCUT2D eigenvalue weighted by Gasteiger charge is 2.13. The monoisotopic (exact) mass is 330 g/mol. The van der Waals surface area contributed by atoms with Crippen molar-refractivity contribution in [1.29, 1.82) is 0 Å². The number of para-hydroxylation sites is 2. The van der Waals surface area contributed by atoms with Gasteiger partial charge in [0, 0.05) is 10.9 Å². The lowest BCUT2D eigenvalue weighted by Crippen LogP contribution is -2.20. The van der Waals surface area contributed by atoms with Crippen LogP contribution < -0.4 is 15.4 Å². The van der Waals surface area contributed by atoms with Crippen molar-refractivity contribution in [2.45, 2.75) is 6.92 Å². The average molecular weight is 330 g/mol. The zero-order chi connectivity index (χ0) is 16.1. The number of hydrogen-bond acceptors (Lipinski definition) is 6. The molecular formula is C15H14N4O3S. The molecule has 2 amide bonds. The smallest absolute Gasteiger partial charge is 0.327 e. The minimum absolute atomic E-state index is 0.0255. The van der Waals surface area contributed by atoms with Gasteiger partial charge in [0.15, 0.2) is 0 Å². The van der Waals surface area contributed by atoms with E-state index >= 15 is 0 Å². The van der Waals surface area contributed by atoms with Crippen molar-refractivity contribution >= 4 is 29.1 Å². The Morgan fingerprint density at radius 1 is 1.26 bits per heavy atom. The Hall–Kier alpha value is -2.87. The molecule has 2 aromatic heterocycles. The topological polar surface area (TPSA) is 89.3 Å². The zero-order valence-corrected chi connectivity index (χ0v) is 13.1. The van der Waals surface area contributed by atoms with Crippen LogP contribution >= 0.6 is 11.3 Å². The second kappa shape index (κ2) is 6.93. The Balaban J connectivity index is 1.66. The molecule has 0 bridgehead atoms. The Kier molecular flexibility index (Phi) is 4.53. The molecule has 1 aromatic carbocycles. The second-order valence-corrected chi connectivity index (χ2v) is 5.21. The maximum absolute atomic E-state index is 12.0. The van der Waals surface area contributed by atoms with Gasteiger partial charge in [-0.2, -0.15) is 11.3 Å². The number of carbonyl (C=O) groups is 1. The van der Waals surface area contributed by atoms with Crippen molar-refractivity contribution in [2.75, 3.05) is 17.2 Å². The van der Waals surface area contributed by atoms with Gasteiger partial charge in [0.25, 0.3) is 5.89 Å². The Morgan fingerprint density at radius 3 is 2.91 bits per heavy atom. The third kappa shape index (κ3) is 3.67. The standard InChI is InChI=1S/C15H14N4O3S/c1-2-21-12-6-4-3-5-11(12)16-14(20)17-15-19-18-13(22-15)10-7-8-23-9-10/h3-9H,2H2,1H3,(H2,16,17,19,20). The summed E-state index contributed by atoms with van der Waals surface area (Å²) in [5.74, 6) is 0.950. The van der Waals surface area contributed by atoms with E-state index in [1.807, 2.05) is 29.8 Å². The van der Waals surface area contributed by atoms with E-state index in [1.54, 1.807) is 18.2 Å². The van der Waals surface area contributed by atoms with E-state index in [9.17, 15) is 4.79 Å². The molecule has 0 aliphatic heterocycles. The summed E-state index contributed by atoms with van der Waals surface area (Å²) in [6.07, 6.45) is 0. The van der Waals surface area contributed by atoms with Crippen LogP contribution in [0.3, 0.4) is 0 Å². The van der Waals surface area contributed by atoms with Crippen LogP contribution in [0.25, 0.3) is 11.5 Å². The summed E-state index contributed by atoms with van der Waals surface area (Å²) in [6.45, 7) is 2.38. The summed E-state index contributed by atoms with van der Waals surface area (Å²) in [5, 5.41) is 16.7. The van der Waals surface area contributed by atoms with Crippen LogP contribution in [-0.2, 0) is 0 Å². The number of urea groups is 1. The molecule has 118 valence electrons. The van der Waals surface area contributed by atoms with Crippen molar-refractivity contribution in [3.8, 4) is 17.2 Å². The van der Waals surface area contributed by atoms with Crippen LogP contribution in [0.4, 0.5) is 16.5 Å². The number of rotatable bonds is 5. The molecule has 3 aromatic rings. The molecule has 0 radical (unpaired) electrons. The lowest BCUT2D eigenvalue weighted by atomic mass is 10.3. The molecule has 8 heteroatoms. The van der Waals surface area contributed by atoms with Crippen molar-refractivity contribution in [3.05, 3.63) is 41.1 Å². The van der Waals surface area contributed by atoms with Crippen LogP contribution in [-0.4, -0.2) is 22.8 Å². The number of benzene rings is 1. The molecule has 0 fully saturated rings. The van der Waals surface area contributed by atoms with Crippen molar-refractivity contribution in [1.82, 2.24) is 10.2 Å². The summed E-state index contributed by atoms with van der Waals surface area (Å²) < 4.78 is 10.8. The second-order valence-electron chi connectivity index (χ2n) is 4.43. The van der Waals surface area contributed by atoms with Gasteiger partial charge in [-0.3, -0.25) is 5.32 Å². The maximum Gasteiger partial charge on any atom is 0.327 e. The number of nitrogens with zero attached hydrogens (tertiary/aromatic N) is 2. The lowest BCUT2D eigenvalue weighted by Gasteiger charge is -2.10. The number of amides is 2. The highest BCUT2D eigenvalue weighted by molar-refractivity contribution is 7.08. The largest absolute Gasteiger partial charge is 0.492 e. The van der Waals surface area contributed by atoms with E-state index in [1.165, 1.54) is 11.3 Å². The summed E-state index contributed by atoms with van der Waals surface area (Å²) in [5.41, 5.74) is 1.38. The number of carbonyl (C=O) groups excluding carboxylic acids is 1. The van der Waals surface area contributed by atoms with Gasteiger partial charge >= 0.3 is 12.0 Å². The molecule has 2 N–H and O–H groups in total. The lowest BCUT2D eigenvalue weighted by molar-refractivity contribution is 0.261. The molecule has 23 heavy (non-hydrogen) atoms. The molecule has 0 saturated carbocycles. The van der Waals surface area contributed by atoms with Crippen molar-refractivity contribution in [2.24, 2.45) is 0 Å². The number of ether oxygens (including phenoxy) is 1. The number of nitrogens with one attached hydrogen (secondary N) is 2. The minimum Gasteiger partial charge on any atom is -0.492 e. The fourth-order valence-corrected chi connectivity index (χ4v) is 2.51. The van der Waals surface area contributed by atoms with E-state index < -0.39 is 6.03 Å². The molecular weight excluding hydrogens is 316 g/mol. The summed E-state index contributed by atoms with van der Waals surface area (Å²) in [7, 11) is 0. The molecule has 2 heterocycles. The van der Waals surface area contributed by atoms with E-state index in [0.717, 1.165) is 5.56 Å². The fourth-order valence-electron chi connectivity index (χ4n) is 1.88. The van der Waals surface area contributed by atoms with Crippen LogP contribution in [0.5, 0.6) is 5.75 Å². The van der Waals surface area contributed by atoms with Crippen LogP contribution in [0.15, 0.2) is 45.5 Å². The Bertz CT molecular complexity index is 786. The quantitative estimate of drug-likeness (QED) is 0.742. The van der Waals surface area contributed by atoms with Crippen LogP contribution in [0, 0.1) is 0 Å². The van der Waals surface area contributed by atoms with Gasteiger partial charge in [0.05, 0.1) is 12.3 Å². The molecule has 3 rings (SSSR count). The number of thiophene rings is 1. The maximum atomic E-state index is 12.0. The first kappa shape index (κ1) is 15.0. The van der Waals surface area contributed by atoms with E-state index in [0.29, 0.717) is 23.9 Å². The first-order chi connectivity index (χ1) is 11.3. The molecule has 0 saturated heterocycles. The van der Waals surface area contributed by atoms with Crippen molar-refractivity contribution < 1.29 is 13.9 Å². The molecule has 0 aliphatic carbocycles. The number of aromatic nitrogens is 2. The molecule has 0 aliphatic rings. The normalized spacial score (nSPS) is 10.3. The third-order valence-corrected chi connectivity index (χ3v) is 3.53. The molecule has 0 spiro atoms. The number of anilines is 2. The zero-order valence-electron chi connectivity index (χ0n) is 12.3. The van der Waals surface area contributed by atoms with Gasteiger partial charge in [-0.05, 0) is 30.5 Å². The first-order valence-corrected chi connectivity index (χ1v) is 7.86.